The molecule has 1 aliphatic heterocycles. The Hall–Kier alpha value is -3.64. The van der Waals surface area contributed by atoms with Gasteiger partial charge in [0.05, 0.1) is 5.69 Å². The van der Waals surface area contributed by atoms with Gasteiger partial charge in [0.15, 0.2) is 0 Å². The predicted molar refractivity (Wildman–Crippen MR) is 121 cm³/mol. The topological polar surface area (TPSA) is 53.9 Å². The van der Waals surface area contributed by atoms with E-state index in [0.29, 0.717) is 11.3 Å². The Kier molecular flexibility index (Phi) is 5.37. The minimum absolute atomic E-state index is 0.283. The average molecular weight is 411 g/mol. The fraction of sp³-hybridized carbons (Fsp3) is 0.160. The minimum Gasteiger partial charge on any atom is -0.354 e. The van der Waals surface area contributed by atoms with E-state index in [4.69, 9.17) is 0 Å². The molecule has 5 nitrogen and oxygen atoms in total. The van der Waals surface area contributed by atoms with Crippen molar-refractivity contribution < 1.29 is 4.39 Å². The van der Waals surface area contributed by atoms with E-state index in [1.165, 1.54) is 6.07 Å². The van der Waals surface area contributed by atoms with Crippen LogP contribution in [0.15, 0.2) is 79.4 Å². The monoisotopic (exact) mass is 411 g/mol. The van der Waals surface area contributed by atoms with E-state index < -0.39 is 0 Å². The Morgan fingerprint density at radius 2 is 1.58 bits per heavy atom. The molecule has 0 saturated carbocycles. The summed E-state index contributed by atoms with van der Waals surface area (Å²) in [5.41, 5.74) is 4.97. The summed E-state index contributed by atoms with van der Waals surface area (Å²) in [6.07, 6.45) is 7.25. The molecule has 0 spiro atoms. The molecule has 6 heteroatoms. The standard InChI is InChI=1S/C25H22FN5/c26-23-4-2-1-3-22(23)24-14-18(7-8-29-24)20-13-21(16-28-15-20)19-5-6-25(30-17-19)31-11-9-27-10-12-31/h1-8,13-17,27H,9-12H2. The van der Waals surface area contributed by atoms with Gasteiger partial charge >= 0.3 is 0 Å². The van der Waals surface area contributed by atoms with Crippen molar-refractivity contribution in [1.82, 2.24) is 20.3 Å². The number of pyridine rings is 3. The fourth-order valence-electron chi connectivity index (χ4n) is 3.82. The van der Waals surface area contributed by atoms with Crippen LogP contribution in [0, 0.1) is 5.82 Å². The van der Waals surface area contributed by atoms with Crippen molar-refractivity contribution in [1.29, 1.82) is 0 Å². The average Bonchev–Trinajstić information content (AvgIpc) is 2.85. The Labute approximate surface area is 180 Å². The van der Waals surface area contributed by atoms with Gasteiger partial charge in [-0.3, -0.25) is 9.97 Å². The third kappa shape index (κ3) is 4.15. The molecule has 0 atom stereocenters. The second kappa shape index (κ2) is 8.62. The van der Waals surface area contributed by atoms with Gasteiger partial charge in [-0.2, -0.15) is 0 Å². The molecule has 1 N–H and O–H groups in total. The van der Waals surface area contributed by atoms with Crippen molar-refractivity contribution in [3.8, 4) is 33.5 Å². The summed E-state index contributed by atoms with van der Waals surface area (Å²) >= 11 is 0. The van der Waals surface area contributed by atoms with E-state index in [1.54, 1.807) is 18.3 Å². The van der Waals surface area contributed by atoms with Crippen LogP contribution in [0.5, 0.6) is 0 Å². The van der Waals surface area contributed by atoms with Gasteiger partial charge < -0.3 is 10.2 Å². The van der Waals surface area contributed by atoms with Gasteiger partial charge in [0.2, 0.25) is 0 Å². The molecule has 5 rings (SSSR count). The molecule has 31 heavy (non-hydrogen) atoms. The lowest BCUT2D eigenvalue weighted by Crippen LogP contribution is -2.43. The largest absolute Gasteiger partial charge is 0.354 e. The Bertz CT molecular complexity index is 1190. The maximum absolute atomic E-state index is 14.2. The molecule has 0 amide bonds. The summed E-state index contributed by atoms with van der Waals surface area (Å²) in [7, 11) is 0. The smallest absolute Gasteiger partial charge is 0.132 e. The molecule has 0 aliphatic carbocycles. The maximum Gasteiger partial charge on any atom is 0.132 e. The van der Waals surface area contributed by atoms with Crippen LogP contribution in [-0.4, -0.2) is 41.1 Å². The maximum atomic E-state index is 14.2. The molecule has 1 saturated heterocycles. The number of rotatable bonds is 4. The van der Waals surface area contributed by atoms with Crippen LogP contribution in [0.3, 0.4) is 0 Å². The SMILES string of the molecule is Fc1ccccc1-c1cc(-c2cncc(-c3ccc(N4CCNCC4)nc3)c2)ccn1. The highest BCUT2D eigenvalue weighted by Gasteiger charge is 2.12. The van der Waals surface area contributed by atoms with E-state index >= 15 is 0 Å². The van der Waals surface area contributed by atoms with Crippen molar-refractivity contribution >= 4 is 5.82 Å². The van der Waals surface area contributed by atoms with Crippen molar-refractivity contribution in [3.05, 3.63) is 85.2 Å². The first-order valence-electron chi connectivity index (χ1n) is 10.4. The number of hydrogen-bond donors (Lipinski definition) is 1. The number of anilines is 1. The number of hydrogen-bond acceptors (Lipinski definition) is 5. The molecule has 1 fully saturated rings. The van der Waals surface area contributed by atoms with E-state index in [2.05, 4.69) is 43.4 Å². The van der Waals surface area contributed by atoms with Crippen molar-refractivity contribution in [3.63, 3.8) is 0 Å². The summed E-state index contributed by atoms with van der Waals surface area (Å²) in [4.78, 5) is 15.7. The number of piperazine rings is 1. The quantitative estimate of drug-likeness (QED) is 0.539. The van der Waals surface area contributed by atoms with E-state index in [1.807, 2.05) is 36.8 Å². The molecular weight excluding hydrogens is 389 g/mol. The normalized spacial score (nSPS) is 13.9. The van der Waals surface area contributed by atoms with Crippen molar-refractivity contribution in [2.45, 2.75) is 0 Å². The second-order valence-corrected chi connectivity index (χ2v) is 7.51. The zero-order chi connectivity index (χ0) is 21.0. The number of halogens is 1. The molecule has 4 aromatic rings. The molecule has 4 heterocycles. The van der Waals surface area contributed by atoms with Crippen LogP contribution in [0.2, 0.25) is 0 Å². The first-order valence-corrected chi connectivity index (χ1v) is 10.4. The van der Waals surface area contributed by atoms with Crippen LogP contribution in [-0.2, 0) is 0 Å². The van der Waals surface area contributed by atoms with E-state index in [9.17, 15) is 4.39 Å². The molecule has 1 aromatic carbocycles. The molecular formula is C25H22FN5. The van der Waals surface area contributed by atoms with Gasteiger partial charge in [0, 0.05) is 73.2 Å². The van der Waals surface area contributed by atoms with Gasteiger partial charge in [0.25, 0.3) is 0 Å². The number of aromatic nitrogens is 3. The highest BCUT2D eigenvalue weighted by atomic mass is 19.1. The summed E-state index contributed by atoms with van der Waals surface area (Å²) < 4.78 is 14.2. The minimum atomic E-state index is -0.283. The summed E-state index contributed by atoms with van der Waals surface area (Å²) in [6.45, 7) is 3.90. The molecule has 0 radical (unpaired) electrons. The lowest BCUT2D eigenvalue weighted by atomic mass is 10.0. The third-order valence-electron chi connectivity index (χ3n) is 5.50. The van der Waals surface area contributed by atoms with Crippen LogP contribution >= 0.6 is 0 Å². The van der Waals surface area contributed by atoms with Crippen LogP contribution in [0.4, 0.5) is 10.2 Å². The molecule has 0 unspecified atom stereocenters. The number of nitrogens with one attached hydrogen (secondary N) is 1. The Morgan fingerprint density at radius 3 is 2.35 bits per heavy atom. The number of nitrogens with zero attached hydrogens (tertiary/aromatic N) is 4. The van der Waals surface area contributed by atoms with Crippen LogP contribution in [0.1, 0.15) is 0 Å². The summed E-state index contributed by atoms with van der Waals surface area (Å²) in [6, 6.07) is 16.7. The van der Waals surface area contributed by atoms with Crippen LogP contribution in [0.25, 0.3) is 33.5 Å². The van der Waals surface area contributed by atoms with E-state index in [0.717, 1.165) is 54.3 Å². The fourth-order valence-corrected chi connectivity index (χ4v) is 3.82. The lowest BCUT2D eigenvalue weighted by Gasteiger charge is -2.28. The molecule has 154 valence electrons. The first kappa shape index (κ1) is 19.3. The zero-order valence-corrected chi connectivity index (χ0v) is 17.0. The van der Waals surface area contributed by atoms with Crippen molar-refractivity contribution in [2.75, 3.05) is 31.1 Å². The second-order valence-electron chi connectivity index (χ2n) is 7.51. The van der Waals surface area contributed by atoms with Gasteiger partial charge in [-0.1, -0.05) is 12.1 Å². The van der Waals surface area contributed by atoms with Gasteiger partial charge in [-0.25, -0.2) is 9.37 Å². The lowest BCUT2D eigenvalue weighted by molar-refractivity contribution is 0.585. The molecule has 3 aromatic heterocycles. The predicted octanol–water partition coefficient (Wildman–Crippen LogP) is 4.42. The summed E-state index contributed by atoms with van der Waals surface area (Å²) in [5, 5.41) is 3.36. The highest BCUT2D eigenvalue weighted by Crippen LogP contribution is 2.29. The van der Waals surface area contributed by atoms with E-state index in [-0.39, 0.29) is 5.82 Å². The van der Waals surface area contributed by atoms with Gasteiger partial charge in [0.1, 0.15) is 11.6 Å². The Balaban J connectivity index is 1.43. The first-order chi connectivity index (χ1) is 15.3. The molecule has 1 aliphatic rings. The van der Waals surface area contributed by atoms with Gasteiger partial charge in [-0.15, -0.1) is 0 Å². The molecule has 0 bridgehead atoms. The summed E-state index contributed by atoms with van der Waals surface area (Å²) in [5.74, 6) is 0.715. The van der Waals surface area contributed by atoms with Gasteiger partial charge in [-0.05, 0) is 48.0 Å². The number of benzene rings is 1. The third-order valence-corrected chi connectivity index (χ3v) is 5.50. The Morgan fingerprint density at radius 1 is 0.774 bits per heavy atom. The van der Waals surface area contributed by atoms with Crippen molar-refractivity contribution in [2.24, 2.45) is 0 Å². The zero-order valence-electron chi connectivity index (χ0n) is 17.0. The van der Waals surface area contributed by atoms with Crippen LogP contribution < -0.4 is 10.2 Å². The highest BCUT2D eigenvalue weighted by molar-refractivity contribution is 5.74.